The molecule has 0 heterocycles. The molecule has 0 aliphatic carbocycles. The quantitative estimate of drug-likeness (QED) is 0.181. The molecule has 0 saturated carbocycles. The van der Waals surface area contributed by atoms with Gasteiger partial charge in [0.2, 0.25) is 0 Å². The van der Waals surface area contributed by atoms with Crippen LogP contribution in [-0.2, 0) is 0 Å². The third-order valence-electron chi connectivity index (χ3n) is 4.39. The first-order valence-corrected chi connectivity index (χ1v) is 9.78. The van der Waals surface area contributed by atoms with E-state index in [2.05, 4.69) is 20.9 Å². The molecule has 1 amide bonds. The number of carbonyl (C=O) groups is 1. The lowest BCUT2D eigenvalue weighted by atomic mass is 10.1. The molecule has 0 saturated heterocycles. The average molecular weight is 528 g/mol. The summed E-state index contributed by atoms with van der Waals surface area (Å²) in [7, 11) is 0. The molecule has 1 atom stereocenters. The minimum absolute atomic E-state index is 0. The van der Waals surface area contributed by atoms with Crippen LogP contribution in [0.3, 0.4) is 0 Å². The Balaban J connectivity index is 0.00000450. The molecule has 8 heteroatoms. The Bertz CT molecular complexity index is 861. The van der Waals surface area contributed by atoms with E-state index in [0.717, 1.165) is 5.56 Å². The normalized spacial score (nSPS) is 11.9. The fourth-order valence-electron chi connectivity index (χ4n) is 2.71. The third kappa shape index (κ3) is 8.17. The number of halogens is 2. The van der Waals surface area contributed by atoms with E-state index in [1.807, 2.05) is 19.9 Å². The third-order valence-corrected chi connectivity index (χ3v) is 4.39. The van der Waals surface area contributed by atoms with Gasteiger partial charge in [-0.3, -0.25) is 9.79 Å². The van der Waals surface area contributed by atoms with Crippen LogP contribution in [0.2, 0.25) is 0 Å². The first kappa shape index (κ1) is 25.7. The number of benzene rings is 2. The van der Waals surface area contributed by atoms with Gasteiger partial charge in [-0.2, -0.15) is 0 Å². The minimum atomic E-state index is -0.232. The molecule has 0 radical (unpaired) electrons. The van der Waals surface area contributed by atoms with Gasteiger partial charge in [0.05, 0.1) is 6.04 Å². The summed E-state index contributed by atoms with van der Waals surface area (Å²) in [5, 5.41) is 18.7. The van der Waals surface area contributed by atoms with Crippen molar-refractivity contribution in [1.29, 1.82) is 0 Å². The van der Waals surface area contributed by atoms with Crippen molar-refractivity contribution in [3.05, 3.63) is 65.0 Å². The van der Waals surface area contributed by atoms with Crippen LogP contribution < -0.4 is 16.0 Å². The average Bonchev–Trinajstić information content (AvgIpc) is 2.69. The van der Waals surface area contributed by atoms with Gasteiger partial charge in [0.15, 0.2) is 5.96 Å². The summed E-state index contributed by atoms with van der Waals surface area (Å²) in [5.74, 6) is 0.247. The highest BCUT2D eigenvalue weighted by Gasteiger charge is 2.10. The van der Waals surface area contributed by atoms with Crippen molar-refractivity contribution in [2.24, 2.45) is 4.99 Å². The lowest BCUT2D eigenvalue weighted by Gasteiger charge is -2.18. The summed E-state index contributed by atoms with van der Waals surface area (Å²) >= 11 is 0. The lowest BCUT2D eigenvalue weighted by Crippen LogP contribution is -2.39. The number of nitrogens with one attached hydrogen (secondary N) is 3. The first-order chi connectivity index (χ1) is 13.9. The Hall–Kier alpha value is -2.36. The van der Waals surface area contributed by atoms with Crippen molar-refractivity contribution < 1.29 is 14.3 Å². The van der Waals surface area contributed by atoms with E-state index in [1.54, 1.807) is 25.1 Å². The minimum Gasteiger partial charge on any atom is -0.508 e. The van der Waals surface area contributed by atoms with Crippen LogP contribution in [0.4, 0.5) is 4.39 Å². The summed E-state index contributed by atoms with van der Waals surface area (Å²) in [6, 6.07) is 11.3. The molecule has 0 aliphatic heterocycles. The van der Waals surface area contributed by atoms with Gasteiger partial charge in [-0.1, -0.05) is 18.2 Å². The molecule has 0 bridgehead atoms. The monoisotopic (exact) mass is 528 g/mol. The second-order valence-corrected chi connectivity index (χ2v) is 6.80. The standard InChI is InChI=1S/C22H29FN4O2.HI/c1-4-24-22(27-16(3)17-10-9-15(2)20(23)14-17)26-12-6-11-25-21(29)18-7-5-8-19(28)13-18;/h5,7-10,13-14,16,28H,4,6,11-12H2,1-3H3,(H,25,29)(H2,24,26,27);1H. The number of aliphatic imine (C=N–C) groups is 1. The zero-order valence-electron chi connectivity index (χ0n) is 17.5. The number of amides is 1. The van der Waals surface area contributed by atoms with E-state index in [4.69, 9.17) is 0 Å². The molecular formula is C22H30FIN4O2. The molecule has 2 aromatic carbocycles. The zero-order chi connectivity index (χ0) is 21.2. The van der Waals surface area contributed by atoms with Crippen molar-refractivity contribution in [2.45, 2.75) is 33.2 Å². The number of hydrogen-bond acceptors (Lipinski definition) is 3. The number of aromatic hydroxyl groups is 1. The molecule has 4 N–H and O–H groups in total. The summed E-state index contributed by atoms with van der Waals surface area (Å²) in [4.78, 5) is 16.5. The SMILES string of the molecule is CCNC(=NCCCNC(=O)c1cccc(O)c1)NC(C)c1ccc(C)c(F)c1.I. The molecule has 2 aromatic rings. The first-order valence-electron chi connectivity index (χ1n) is 9.78. The van der Waals surface area contributed by atoms with E-state index >= 15 is 0 Å². The maximum atomic E-state index is 13.8. The molecule has 0 fully saturated rings. The molecule has 30 heavy (non-hydrogen) atoms. The van der Waals surface area contributed by atoms with Crippen LogP contribution >= 0.6 is 24.0 Å². The Morgan fingerprint density at radius 1 is 1.20 bits per heavy atom. The lowest BCUT2D eigenvalue weighted by molar-refractivity contribution is 0.0953. The molecule has 164 valence electrons. The Kier molecular flexibility index (Phi) is 11.2. The van der Waals surface area contributed by atoms with Crippen molar-refractivity contribution in [1.82, 2.24) is 16.0 Å². The fourth-order valence-corrected chi connectivity index (χ4v) is 2.71. The number of guanidine groups is 1. The van der Waals surface area contributed by atoms with Gasteiger partial charge in [0, 0.05) is 25.2 Å². The smallest absolute Gasteiger partial charge is 0.251 e. The summed E-state index contributed by atoms with van der Waals surface area (Å²) < 4.78 is 13.8. The molecule has 0 spiro atoms. The predicted molar refractivity (Wildman–Crippen MR) is 129 cm³/mol. The zero-order valence-corrected chi connectivity index (χ0v) is 19.9. The number of nitrogens with zero attached hydrogens (tertiary/aromatic N) is 1. The van der Waals surface area contributed by atoms with Crippen molar-refractivity contribution in [3.8, 4) is 5.75 Å². The number of hydrogen-bond donors (Lipinski definition) is 4. The van der Waals surface area contributed by atoms with Crippen molar-refractivity contribution in [2.75, 3.05) is 19.6 Å². The molecule has 1 unspecified atom stereocenters. The Labute approximate surface area is 194 Å². The molecule has 0 aliphatic rings. The van der Waals surface area contributed by atoms with Crippen molar-refractivity contribution in [3.63, 3.8) is 0 Å². The van der Waals surface area contributed by atoms with Crippen molar-refractivity contribution >= 4 is 35.8 Å². The van der Waals surface area contributed by atoms with Gasteiger partial charge in [-0.25, -0.2) is 4.39 Å². The second kappa shape index (κ2) is 13.0. The van der Waals surface area contributed by atoms with Gasteiger partial charge >= 0.3 is 0 Å². The van der Waals surface area contributed by atoms with E-state index in [-0.39, 0.29) is 47.5 Å². The van der Waals surface area contributed by atoms with Crippen LogP contribution in [0, 0.1) is 12.7 Å². The molecule has 6 nitrogen and oxygen atoms in total. The van der Waals surface area contributed by atoms with Gasteiger partial charge in [-0.05, 0) is 62.6 Å². The van der Waals surface area contributed by atoms with E-state index in [9.17, 15) is 14.3 Å². The van der Waals surface area contributed by atoms with Gasteiger partial charge < -0.3 is 21.1 Å². The summed E-state index contributed by atoms with van der Waals surface area (Å²) in [6.07, 6.45) is 0.661. The summed E-state index contributed by atoms with van der Waals surface area (Å²) in [5.41, 5.74) is 1.88. The molecule has 2 rings (SSSR count). The highest BCUT2D eigenvalue weighted by molar-refractivity contribution is 14.0. The largest absolute Gasteiger partial charge is 0.508 e. The number of phenols is 1. The topological polar surface area (TPSA) is 85.8 Å². The van der Waals surface area contributed by atoms with E-state index in [1.165, 1.54) is 18.2 Å². The molecular weight excluding hydrogens is 498 g/mol. The van der Waals surface area contributed by atoms with E-state index < -0.39 is 0 Å². The number of carbonyl (C=O) groups excluding carboxylic acids is 1. The Morgan fingerprint density at radius 3 is 2.63 bits per heavy atom. The van der Waals surface area contributed by atoms with E-state index in [0.29, 0.717) is 43.1 Å². The highest BCUT2D eigenvalue weighted by atomic mass is 127. The van der Waals surface area contributed by atoms with Crippen LogP contribution in [-0.4, -0.2) is 36.6 Å². The fraction of sp³-hybridized carbons (Fsp3) is 0.364. The van der Waals surface area contributed by atoms with Gasteiger partial charge in [0.1, 0.15) is 11.6 Å². The van der Waals surface area contributed by atoms with Crippen LogP contribution in [0.15, 0.2) is 47.5 Å². The van der Waals surface area contributed by atoms with Gasteiger partial charge in [-0.15, -0.1) is 24.0 Å². The molecule has 0 aromatic heterocycles. The van der Waals surface area contributed by atoms with Crippen LogP contribution in [0.5, 0.6) is 5.75 Å². The second-order valence-electron chi connectivity index (χ2n) is 6.80. The Morgan fingerprint density at radius 2 is 1.97 bits per heavy atom. The summed E-state index contributed by atoms with van der Waals surface area (Å²) in [6.45, 7) is 7.35. The maximum absolute atomic E-state index is 13.8. The van der Waals surface area contributed by atoms with Crippen LogP contribution in [0.25, 0.3) is 0 Å². The number of phenolic OH excluding ortho intramolecular Hbond substituents is 1. The number of aryl methyl sites for hydroxylation is 1. The number of rotatable bonds is 8. The van der Waals surface area contributed by atoms with Gasteiger partial charge in [0.25, 0.3) is 5.91 Å². The van der Waals surface area contributed by atoms with Crippen LogP contribution in [0.1, 0.15) is 47.8 Å². The highest BCUT2D eigenvalue weighted by Crippen LogP contribution is 2.16. The maximum Gasteiger partial charge on any atom is 0.251 e. The predicted octanol–water partition coefficient (Wildman–Crippen LogP) is 3.89.